The van der Waals surface area contributed by atoms with Gasteiger partial charge in [-0.2, -0.15) is 7.06 Å². The molecule has 0 aliphatic carbocycles. The molecule has 0 aromatic carbocycles. The first-order chi connectivity index (χ1) is 31.0. The highest BCUT2D eigenvalue weighted by molar-refractivity contribution is 8.35. The van der Waals surface area contributed by atoms with Gasteiger partial charge in [-0.25, -0.2) is 0 Å². The molecule has 0 N–H and O–H groups in total. The van der Waals surface area contributed by atoms with Crippen LogP contribution in [0.4, 0.5) is 0 Å². The van der Waals surface area contributed by atoms with Crippen molar-refractivity contribution in [3.8, 4) is 0 Å². The molecule has 0 heterocycles. The lowest BCUT2D eigenvalue weighted by Crippen LogP contribution is -2.93. The zero-order valence-electron chi connectivity index (χ0n) is 38.7. The standard InChI is InChI=1S/B68H3/c1-35-53(34)64(56(37(2)3)38(4)5)68(63(51(30)31)52(32)33)55(67(61(47(22)23)48(24)25)62(49(26)27)50(28)29)36-54(65(57(39(6)7)40(8)9)58(41(10)11)42(12)13)66(59(43(14)15)44(16)17)60(45(18)19)46(20)21/h1H3/q-1. The Hall–Kier alpha value is 4.42. The van der Waals surface area contributed by atoms with E-state index < -0.39 is 212 Å². The Morgan fingerprint density at radius 2 is 0.294 bits per heavy atom. The molecule has 0 spiro atoms. The molecular weight excluding hydrogens is 735 g/mol. The van der Waals surface area contributed by atoms with Crippen molar-refractivity contribution in [2.24, 2.45) is 0 Å². The minimum absolute atomic E-state index is 0.681. The van der Waals surface area contributed by atoms with Crippen LogP contribution in [0, 0.1) is 0 Å². The summed E-state index contributed by atoms with van der Waals surface area (Å²) in [5, 5.41) is 0. The van der Waals surface area contributed by atoms with E-state index in [9.17, 15) is 0 Å². The molecule has 0 fully saturated rings. The van der Waals surface area contributed by atoms with E-state index in [1.807, 2.05) is 7.06 Å². The van der Waals surface area contributed by atoms with Crippen molar-refractivity contribution in [3.05, 3.63) is 0 Å². The first-order valence-corrected chi connectivity index (χ1v) is 22.0. The van der Waals surface area contributed by atoms with E-state index in [4.69, 9.17) is 255 Å². The van der Waals surface area contributed by atoms with Crippen molar-refractivity contribution in [2.75, 3.05) is 0 Å². The minimum Gasteiger partial charge on any atom is -0.158 e. The van der Waals surface area contributed by atoms with E-state index in [2.05, 4.69) is 0 Å². The van der Waals surface area contributed by atoms with Gasteiger partial charge in [-0.3, -0.25) is 0 Å². The summed E-state index contributed by atoms with van der Waals surface area (Å²) in [4.78, 5) is 0. The molecular formula is H3B68-. The van der Waals surface area contributed by atoms with Crippen molar-refractivity contribution in [1.29, 1.82) is 0 Å². The summed E-state index contributed by atoms with van der Waals surface area (Å²) in [6.07, 6.45) is -43.0. The van der Waals surface area contributed by atoms with Crippen LogP contribution in [0.25, 0.3) is 0 Å². The Balaban J connectivity index is 10.7. The second-order valence-electron chi connectivity index (χ2n) is 18.7. The van der Waals surface area contributed by atoms with E-state index in [1.54, 1.807) is 7.06 Å². The summed E-state index contributed by atoms with van der Waals surface area (Å²) in [5.74, 6) is 0. The first-order valence-electron chi connectivity index (χ1n) is 22.0. The Morgan fingerprint density at radius 3 is 0.412 bits per heavy atom. The minimum atomic E-state index is -1.43. The molecule has 0 aliphatic heterocycles. The molecule has 0 aromatic heterocycles. The van der Waals surface area contributed by atoms with Crippen molar-refractivity contribution >= 4 is 482 Å². The van der Waals surface area contributed by atoms with Crippen LogP contribution in [0.15, 0.2) is 0 Å². The average Bonchev–Trinajstić information content (AvgIpc) is 3.13. The van der Waals surface area contributed by atoms with Crippen LogP contribution in [0.2, 0.25) is 0 Å². The molecule has 0 aromatic rings. The van der Waals surface area contributed by atoms with Gasteiger partial charge in [-0.1, -0.05) is 7.74 Å². The van der Waals surface area contributed by atoms with Crippen molar-refractivity contribution < 1.29 is 0 Å². The first kappa shape index (κ1) is 72.4. The van der Waals surface area contributed by atoms with Crippen molar-refractivity contribution in [3.63, 3.8) is 0 Å². The van der Waals surface area contributed by atoms with Gasteiger partial charge >= 0.3 is 0 Å². The topological polar surface area (TPSA) is 0 Å². The molecule has 68 heavy (non-hydrogen) atoms. The van der Waals surface area contributed by atoms with E-state index in [1.165, 1.54) is 0 Å². The Labute approximate surface area is 477 Å². The fourth-order valence-electron chi connectivity index (χ4n) is 11.3. The van der Waals surface area contributed by atoms with Crippen LogP contribution in [-0.4, -0.2) is 482 Å². The maximum atomic E-state index is 7.17. The van der Waals surface area contributed by atoms with Gasteiger partial charge in [0.25, 0.3) is 0 Å². The van der Waals surface area contributed by atoms with Gasteiger partial charge in [0.05, 0.1) is 0 Å². The third-order valence-electron chi connectivity index (χ3n) is 13.8. The molecule has 208 valence electrons. The van der Waals surface area contributed by atoms with Gasteiger partial charge in [0.2, 0.25) is 0 Å². The fourth-order valence-corrected chi connectivity index (χ4v) is 11.3. The quantitative estimate of drug-likeness (QED) is 0.0588. The molecule has 0 saturated carbocycles. The second-order valence-corrected chi connectivity index (χ2v) is 18.7. The molecule has 0 saturated heterocycles. The van der Waals surface area contributed by atoms with Gasteiger partial charge in [0.1, 0.15) is 0 Å². The van der Waals surface area contributed by atoms with Crippen molar-refractivity contribution in [1.82, 2.24) is 0 Å². The molecule has 0 rings (SSSR count). The zero-order valence-corrected chi connectivity index (χ0v) is 38.7. The van der Waals surface area contributed by atoms with E-state index in [-0.39, 0.29) is 0 Å². The number of hydrogen-bond donors (Lipinski definition) is 0. The summed E-state index contributed by atoms with van der Waals surface area (Å²) in [5.41, 5.74) is 0. The molecule has 68 radical (unpaired) electrons. The molecule has 0 nitrogen and oxygen atoms in total. The Kier molecular flexibility index (Phi) is 36.0. The van der Waals surface area contributed by atoms with Crippen LogP contribution >= 0.6 is 0 Å². The SMILES string of the molecule is [B]B([B])B(B([B])[B])B(B([B])[B][BH3-])B(B([B]B(B(B(B([B])[B])B([B])[B])B(B([B])[B])B([B])[B])B(B(B([B])[B])B([B])[B])B(B([B])[B])B([B])[B])B(B(B([B])[B])B([B])[B])B(B([B])[B])B([B])[B])B(B([B])[B])B([B])[B]. The third-order valence-corrected chi connectivity index (χ3v) is 13.8. The van der Waals surface area contributed by atoms with E-state index in [0.717, 1.165) is 0 Å². The van der Waals surface area contributed by atoms with Crippen molar-refractivity contribution in [2.45, 2.75) is 0 Å². The molecule has 0 atom stereocenters. The monoisotopic (exact) mass is 752 g/mol. The van der Waals surface area contributed by atoms with Crippen LogP contribution < -0.4 is 0 Å². The number of rotatable bonds is 33. The molecule has 0 aliphatic rings. The zero-order chi connectivity index (χ0) is 53.9. The normalized spacial score (nSPS) is 9.72. The van der Waals surface area contributed by atoms with Gasteiger partial charge < -0.3 is 0 Å². The highest BCUT2D eigenvalue weighted by Gasteiger charge is 2.59. The second kappa shape index (κ2) is 33.8. The highest BCUT2D eigenvalue weighted by atomic mass is 13.4. The Morgan fingerprint density at radius 1 is 0.176 bits per heavy atom. The van der Waals surface area contributed by atoms with Gasteiger partial charge in [-0.15, -0.1) is 0 Å². The maximum absolute atomic E-state index is 7.17. The summed E-state index contributed by atoms with van der Waals surface area (Å²) in [7, 11) is 223. The van der Waals surface area contributed by atoms with Crippen LogP contribution in [-0.2, 0) is 0 Å². The maximum Gasteiger partial charge on any atom is 0 e. The van der Waals surface area contributed by atoms with Crippen LogP contribution in [0.1, 0.15) is 0 Å². The largest absolute Gasteiger partial charge is 0.158 e. The summed E-state index contributed by atoms with van der Waals surface area (Å²) < 4.78 is 0. The highest BCUT2D eigenvalue weighted by Crippen LogP contribution is 2.21. The number of hydrogen-bond acceptors (Lipinski definition) is 0. The molecule has 0 bridgehead atoms. The van der Waals surface area contributed by atoms with E-state index >= 15 is 0 Å². The van der Waals surface area contributed by atoms with Gasteiger partial charge in [-0.05, 0) is 292 Å². The predicted octanol–water partition coefficient (Wildman–Crippen LogP) is -26.7. The lowest BCUT2D eigenvalue weighted by molar-refractivity contribution is 3.20. The summed E-state index contributed by atoms with van der Waals surface area (Å²) in [6.45, 7) is 0. The lowest BCUT2D eigenvalue weighted by atomic mass is 8.26. The summed E-state index contributed by atoms with van der Waals surface area (Å²) >= 11 is 0. The Bertz CT molecular complexity index is 1100. The van der Waals surface area contributed by atoms with Crippen LogP contribution in [0.3, 0.4) is 0 Å². The van der Waals surface area contributed by atoms with Crippen LogP contribution in [0.5, 0.6) is 0 Å². The molecule has 68 heteroatoms. The van der Waals surface area contributed by atoms with E-state index in [0.29, 0.717) is 0 Å². The smallest absolute Gasteiger partial charge is 0 e. The lowest BCUT2D eigenvalue weighted by Gasteiger charge is -2.55. The van der Waals surface area contributed by atoms with Gasteiger partial charge in [0.15, 0.2) is 0 Å². The molecule has 0 amide bonds. The van der Waals surface area contributed by atoms with Gasteiger partial charge in [0, 0.05) is 175 Å². The molecule has 0 unspecified atom stereocenters. The third kappa shape index (κ3) is 19.9. The predicted molar refractivity (Wildman–Crippen MR) is 395 cm³/mol. The fraction of sp³-hybridized carbons (Fsp3) is 0. The summed E-state index contributed by atoms with van der Waals surface area (Å²) in [6, 6.07) is 0. The average molecular weight is 738 g/mol.